The third-order valence-electron chi connectivity index (χ3n) is 5.51. The van der Waals surface area contributed by atoms with Gasteiger partial charge in [-0.05, 0) is 24.6 Å². The molecular formula is C24H26N6O3. The Kier molecular flexibility index (Phi) is 6.12. The van der Waals surface area contributed by atoms with Crippen molar-refractivity contribution in [2.75, 3.05) is 18.4 Å². The minimum absolute atomic E-state index is 0.158. The Morgan fingerprint density at radius 2 is 1.73 bits per heavy atom. The number of nitrogens with zero attached hydrogens (tertiary/aromatic N) is 4. The molecule has 9 nitrogen and oxygen atoms in total. The van der Waals surface area contributed by atoms with Crippen LogP contribution >= 0.6 is 0 Å². The molecule has 0 aliphatic carbocycles. The lowest BCUT2D eigenvalue weighted by Crippen LogP contribution is -2.37. The quantitative estimate of drug-likeness (QED) is 0.420. The standard InChI is InChI=1S/C24H26N6O3/c1-16-8-7-11-18(14-16)21(31)25-12-13-26-23-27-20-19(22(32)29(3)24(33)28(20)2)30(23)15-17-9-5-4-6-10-17/h4-11,14H,12-13,15H2,1-3H3,(H,25,31)(H,26,27). The van der Waals surface area contributed by atoms with Gasteiger partial charge in [0.25, 0.3) is 11.5 Å². The molecule has 0 bridgehead atoms. The van der Waals surface area contributed by atoms with E-state index in [1.54, 1.807) is 17.7 Å². The van der Waals surface area contributed by atoms with Gasteiger partial charge in [0.2, 0.25) is 5.95 Å². The molecule has 9 heteroatoms. The molecule has 4 rings (SSSR count). The zero-order valence-electron chi connectivity index (χ0n) is 18.8. The van der Waals surface area contributed by atoms with E-state index in [1.165, 1.54) is 11.6 Å². The van der Waals surface area contributed by atoms with E-state index in [1.807, 2.05) is 55.5 Å². The molecule has 0 radical (unpaired) electrons. The number of anilines is 1. The van der Waals surface area contributed by atoms with Gasteiger partial charge in [-0.25, -0.2) is 4.79 Å². The summed E-state index contributed by atoms with van der Waals surface area (Å²) in [6, 6.07) is 17.1. The molecule has 4 aromatic rings. The molecule has 0 fully saturated rings. The van der Waals surface area contributed by atoms with Gasteiger partial charge >= 0.3 is 5.69 Å². The molecular weight excluding hydrogens is 420 g/mol. The lowest BCUT2D eigenvalue weighted by Gasteiger charge is -2.12. The molecule has 0 atom stereocenters. The van der Waals surface area contributed by atoms with Crippen LogP contribution in [0.1, 0.15) is 21.5 Å². The summed E-state index contributed by atoms with van der Waals surface area (Å²) in [6.45, 7) is 3.10. The zero-order valence-corrected chi connectivity index (χ0v) is 18.8. The molecule has 2 heterocycles. The minimum Gasteiger partial charge on any atom is -0.354 e. The van der Waals surface area contributed by atoms with E-state index in [9.17, 15) is 14.4 Å². The van der Waals surface area contributed by atoms with E-state index in [-0.39, 0.29) is 5.91 Å². The number of nitrogens with one attached hydrogen (secondary N) is 2. The lowest BCUT2D eigenvalue weighted by atomic mass is 10.1. The first-order valence-electron chi connectivity index (χ1n) is 10.7. The van der Waals surface area contributed by atoms with Gasteiger partial charge in [0.15, 0.2) is 11.2 Å². The van der Waals surface area contributed by atoms with Gasteiger partial charge in [-0.15, -0.1) is 0 Å². The van der Waals surface area contributed by atoms with Gasteiger partial charge in [0.1, 0.15) is 0 Å². The number of hydrogen-bond donors (Lipinski definition) is 2. The van der Waals surface area contributed by atoms with Crippen LogP contribution < -0.4 is 21.9 Å². The van der Waals surface area contributed by atoms with Crippen LogP contribution in [0.25, 0.3) is 11.2 Å². The Balaban J connectivity index is 1.60. The summed E-state index contributed by atoms with van der Waals surface area (Å²) in [6.07, 6.45) is 0. The second kappa shape index (κ2) is 9.15. The molecule has 33 heavy (non-hydrogen) atoms. The Hall–Kier alpha value is -4.14. The van der Waals surface area contributed by atoms with E-state index < -0.39 is 11.2 Å². The van der Waals surface area contributed by atoms with Gasteiger partial charge in [-0.1, -0.05) is 48.0 Å². The van der Waals surface area contributed by atoms with Crippen molar-refractivity contribution in [2.45, 2.75) is 13.5 Å². The van der Waals surface area contributed by atoms with Gasteiger partial charge in [-0.3, -0.25) is 23.3 Å². The first-order valence-corrected chi connectivity index (χ1v) is 10.7. The van der Waals surface area contributed by atoms with E-state index in [2.05, 4.69) is 15.6 Å². The fourth-order valence-corrected chi connectivity index (χ4v) is 3.74. The number of amides is 1. The Morgan fingerprint density at radius 1 is 0.970 bits per heavy atom. The van der Waals surface area contributed by atoms with E-state index >= 15 is 0 Å². The van der Waals surface area contributed by atoms with Gasteiger partial charge in [0, 0.05) is 32.7 Å². The SMILES string of the molecule is Cc1cccc(C(=O)NCCNc2nc3c(c(=O)n(C)c(=O)n3C)n2Cc2ccccc2)c1. The summed E-state index contributed by atoms with van der Waals surface area (Å²) in [5, 5.41) is 6.09. The summed E-state index contributed by atoms with van der Waals surface area (Å²) >= 11 is 0. The number of aromatic nitrogens is 4. The molecule has 0 aliphatic rings. The third kappa shape index (κ3) is 4.43. The average Bonchev–Trinajstić information content (AvgIpc) is 3.17. The number of aryl methyl sites for hydroxylation is 2. The summed E-state index contributed by atoms with van der Waals surface area (Å²) < 4.78 is 4.22. The summed E-state index contributed by atoms with van der Waals surface area (Å²) in [5.41, 5.74) is 2.42. The number of imidazole rings is 1. The smallest absolute Gasteiger partial charge is 0.332 e. The van der Waals surface area contributed by atoms with Crippen LogP contribution in [0.4, 0.5) is 5.95 Å². The summed E-state index contributed by atoms with van der Waals surface area (Å²) in [4.78, 5) is 42.2. The highest BCUT2D eigenvalue weighted by molar-refractivity contribution is 5.94. The van der Waals surface area contributed by atoms with Gasteiger partial charge < -0.3 is 10.6 Å². The van der Waals surface area contributed by atoms with Crippen LogP contribution in [0.5, 0.6) is 0 Å². The Morgan fingerprint density at radius 3 is 2.45 bits per heavy atom. The van der Waals surface area contributed by atoms with Crippen LogP contribution in [0, 0.1) is 6.92 Å². The van der Waals surface area contributed by atoms with E-state index in [0.717, 1.165) is 15.7 Å². The number of fused-ring (bicyclic) bond motifs is 1. The normalized spacial score (nSPS) is 11.0. The predicted octanol–water partition coefficient (Wildman–Crippen LogP) is 1.63. The van der Waals surface area contributed by atoms with Crippen molar-refractivity contribution < 1.29 is 4.79 Å². The number of hydrogen-bond acceptors (Lipinski definition) is 5. The number of rotatable bonds is 7. The molecule has 0 saturated heterocycles. The van der Waals surface area contributed by atoms with Gasteiger partial charge in [0.05, 0.1) is 6.54 Å². The summed E-state index contributed by atoms with van der Waals surface area (Å²) in [7, 11) is 3.05. The first kappa shape index (κ1) is 22.1. The molecule has 1 amide bonds. The van der Waals surface area contributed by atoms with Crippen molar-refractivity contribution in [3.8, 4) is 0 Å². The number of carbonyl (C=O) groups is 1. The van der Waals surface area contributed by atoms with Crippen LogP contribution in [0.3, 0.4) is 0 Å². The van der Waals surface area contributed by atoms with Crippen LogP contribution in [0.2, 0.25) is 0 Å². The highest BCUT2D eigenvalue weighted by atomic mass is 16.2. The van der Waals surface area contributed by atoms with Gasteiger partial charge in [-0.2, -0.15) is 4.98 Å². The van der Waals surface area contributed by atoms with Crippen LogP contribution in [0.15, 0.2) is 64.2 Å². The molecule has 2 N–H and O–H groups in total. The zero-order chi connectivity index (χ0) is 23.5. The molecule has 0 spiro atoms. The highest BCUT2D eigenvalue weighted by Gasteiger charge is 2.19. The maximum absolute atomic E-state index is 12.9. The fourth-order valence-electron chi connectivity index (χ4n) is 3.74. The number of carbonyl (C=O) groups excluding carboxylic acids is 1. The van der Waals surface area contributed by atoms with Crippen molar-refractivity contribution in [2.24, 2.45) is 14.1 Å². The third-order valence-corrected chi connectivity index (χ3v) is 5.51. The monoisotopic (exact) mass is 446 g/mol. The van der Waals surface area contributed by atoms with Crippen LogP contribution in [-0.4, -0.2) is 37.7 Å². The van der Waals surface area contributed by atoms with Crippen molar-refractivity contribution in [3.05, 3.63) is 92.1 Å². The highest BCUT2D eigenvalue weighted by Crippen LogP contribution is 2.17. The first-order chi connectivity index (χ1) is 15.9. The fraction of sp³-hybridized carbons (Fsp3) is 0.250. The predicted molar refractivity (Wildman–Crippen MR) is 128 cm³/mol. The summed E-state index contributed by atoms with van der Waals surface area (Å²) in [5.74, 6) is 0.298. The maximum Gasteiger partial charge on any atom is 0.332 e. The molecule has 2 aromatic heterocycles. The maximum atomic E-state index is 12.9. The van der Waals surface area contributed by atoms with Crippen LogP contribution in [-0.2, 0) is 20.6 Å². The molecule has 0 aliphatic heterocycles. The van der Waals surface area contributed by atoms with Crippen molar-refractivity contribution in [1.82, 2.24) is 24.0 Å². The van der Waals surface area contributed by atoms with Crippen molar-refractivity contribution in [1.29, 1.82) is 0 Å². The molecule has 0 unspecified atom stereocenters. The second-order valence-corrected chi connectivity index (χ2v) is 7.94. The molecule has 2 aromatic carbocycles. The largest absolute Gasteiger partial charge is 0.354 e. The Bertz CT molecular complexity index is 1430. The average molecular weight is 447 g/mol. The molecule has 170 valence electrons. The number of benzene rings is 2. The van der Waals surface area contributed by atoms with Crippen molar-refractivity contribution in [3.63, 3.8) is 0 Å². The Labute approximate surface area is 190 Å². The van der Waals surface area contributed by atoms with E-state index in [4.69, 9.17) is 0 Å². The molecule has 0 saturated carbocycles. The minimum atomic E-state index is -0.436. The van der Waals surface area contributed by atoms with Crippen molar-refractivity contribution >= 4 is 23.0 Å². The lowest BCUT2D eigenvalue weighted by molar-refractivity contribution is 0.0955. The van der Waals surface area contributed by atoms with E-state index in [0.29, 0.717) is 42.3 Å². The second-order valence-electron chi connectivity index (χ2n) is 7.94. The topological polar surface area (TPSA) is 103 Å².